The van der Waals surface area contributed by atoms with Gasteiger partial charge in [0.25, 0.3) is 0 Å². The van der Waals surface area contributed by atoms with Crippen molar-refractivity contribution in [3.8, 4) is 0 Å². The molecule has 1 fully saturated rings. The molecule has 4 heteroatoms. The number of nitrogens with zero attached hydrogens (tertiary/aromatic N) is 3. The van der Waals surface area contributed by atoms with Crippen molar-refractivity contribution in [2.24, 2.45) is 5.92 Å². The number of anilines is 1. The molecule has 1 aliphatic heterocycles. The van der Waals surface area contributed by atoms with Gasteiger partial charge in [0.15, 0.2) is 0 Å². The molecular weight excluding hydrogens is 260 g/mol. The monoisotopic (exact) mass is 284 g/mol. The summed E-state index contributed by atoms with van der Waals surface area (Å²) in [6.45, 7) is 7.79. The zero-order valence-electron chi connectivity index (χ0n) is 12.9. The van der Waals surface area contributed by atoms with Crippen molar-refractivity contribution < 1.29 is 0 Å². The van der Waals surface area contributed by atoms with Crippen LogP contribution in [0.1, 0.15) is 26.7 Å². The van der Waals surface area contributed by atoms with Gasteiger partial charge in [-0.1, -0.05) is 12.1 Å². The van der Waals surface area contributed by atoms with Gasteiger partial charge in [-0.2, -0.15) is 0 Å². The second-order valence-corrected chi connectivity index (χ2v) is 6.18. The average molecular weight is 284 g/mol. The van der Waals surface area contributed by atoms with Crippen LogP contribution in [0.4, 0.5) is 5.82 Å². The van der Waals surface area contributed by atoms with Gasteiger partial charge >= 0.3 is 0 Å². The second kappa shape index (κ2) is 6.39. The molecule has 1 N–H and O–H groups in total. The Hall–Kier alpha value is -1.68. The Morgan fingerprint density at radius 2 is 2.10 bits per heavy atom. The van der Waals surface area contributed by atoms with E-state index in [1.807, 2.05) is 30.5 Å². The first kappa shape index (κ1) is 14.3. The molecule has 1 saturated heterocycles. The minimum absolute atomic E-state index is 0.433. The molecule has 0 saturated carbocycles. The Bertz CT molecular complexity index is 590. The third-order valence-corrected chi connectivity index (χ3v) is 4.21. The predicted molar refractivity (Wildman–Crippen MR) is 87.6 cm³/mol. The van der Waals surface area contributed by atoms with Crippen molar-refractivity contribution >= 4 is 16.9 Å². The molecule has 2 heterocycles. The van der Waals surface area contributed by atoms with E-state index in [1.165, 1.54) is 12.8 Å². The number of nitrogens with one attached hydrogen (secondary N) is 1. The molecule has 4 nitrogen and oxygen atoms in total. The highest BCUT2D eigenvalue weighted by molar-refractivity contribution is 5.75. The van der Waals surface area contributed by atoms with Crippen molar-refractivity contribution in [2.45, 2.75) is 32.7 Å². The first-order chi connectivity index (χ1) is 10.2. The topological polar surface area (TPSA) is 41.0 Å². The summed E-state index contributed by atoms with van der Waals surface area (Å²) in [6, 6.07) is 8.50. The average Bonchev–Trinajstić information content (AvgIpc) is 2.53. The van der Waals surface area contributed by atoms with Gasteiger partial charge in [0.05, 0.1) is 17.2 Å². The molecule has 0 aliphatic carbocycles. The van der Waals surface area contributed by atoms with Crippen molar-refractivity contribution in [1.82, 2.24) is 15.3 Å². The maximum absolute atomic E-state index is 4.81. The highest BCUT2D eigenvalue weighted by Crippen LogP contribution is 2.21. The number of fused-ring (bicyclic) bond motifs is 1. The molecule has 0 spiro atoms. The lowest BCUT2D eigenvalue weighted by molar-refractivity contribution is 0.370. The standard InChI is InChI=1S/C17H24N4/c1-13(2)21(12-14-6-5-9-18-10-14)17-11-19-15-7-3-4-8-16(15)20-17/h3-4,7-8,11,13-14,18H,5-6,9-10,12H2,1-2H3. The molecule has 21 heavy (non-hydrogen) atoms. The molecular formula is C17H24N4. The Kier molecular flexibility index (Phi) is 4.34. The third kappa shape index (κ3) is 3.32. The largest absolute Gasteiger partial charge is 0.353 e. The van der Waals surface area contributed by atoms with E-state index in [4.69, 9.17) is 4.98 Å². The van der Waals surface area contributed by atoms with E-state index in [0.717, 1.165) is 36.5 Å². The molecule has 3 rings (SSSR count). The van der Waals surface area contributed by atoms with E-state index in [9.17, 15) is 0 Å². The van der Waals surface area contributed by atoms with Crippen LogP contribution in [-0.2, 0) is 0 Å². The molecule has 1 aliphatic rings. The van der Waals surface area contributed by atoms with E-state index in [1.54, 1.807) is 0 Å². The Morgan fingerprint density at radius 3 is 2.81 bits per heavy atom. The summed E-state index contributed by atoms with van der Waals surface area (Å²) in [7, 11) is 0. The van der Waals surface area contributed by atoms with Gasteiger partial charge in [0.1, 0.15) is 5.82 Å². The first-order valence-electron chi connectivity index (χ1n) is 7.93. The van der Waals surface area contributed by atoms with Gasteiger partial charge < -0.3 is 10.2 Å². The van der Waals surface area contributed by atoms with E-state index in [2.05, 4.69) is 29.0 Å². The van der Waals surface area contributed by atoms with Gasteiger partial charge in [-0.3, -0.25) is 4.98 Å². The summed E-state index contributed by atoms with van der Waals surface area (Å²) >= 11 is 0. The molecule has 1 atom stereocenters. The molecule has 2 aromatic rings. The fourth-order valence-electron chi connectivity index (χ4n) is 3.01. The number of aromatic nitrogens is 2. The number of rotatable bonds is 4. The lowest BCUT2D eigenvalue weighted by atomic mass is 9.98. The number of hydrogen-bond donors (Lipinski definition) is 1. The first-order valence-corrected chi connectivity index (χ1v) is 7.93. The highest BCUT2D eigenvalue weighted by atomic mass is 15.2. The SMILES string of the molecule is CC(C)N(CC1CCCNC1)c1cnc2ccccc2n1. The molecule has 0 radical (unpaired) electrons. The number of piperidine rings is 1. The number of hydrogen-bond acceptors (Lipinski definition) is 4. The lowest BCUT2D eigenvalue weighted by Crippen LogP contribution is -2.41. The summed E-state index contributed by atoms with van der Waals surface area (Å²) in [5, 5.41) is 3.50. The van der Waals surface area contributed by atoms with E-state index in [-0.39, 0.29) is 0 Å². The highest BCUT2D eigenvalue weighted by Gasteiger charge is 2.20. The summed E-state index contributed by atoms with van der Waals surface area (Å²) in [5.41, 5.74) is 1.94. The van der Waals surface area contributed by atoms with Gasteiger partial charge in [-0.25, -0.2) is 4.98 Å². The Morgan fingerprint density at radius 1 is 1.29 bits per heavy atom. The van der Waals surface area contributed by atoms with Crippen LogP contribution >= 0.6 is 0 Å². The quantitative estimate of drug-likeness (QED) is 0.937. The molecule has 1 aromatic carbocycles. The van der Waals surface area contributed by atoms with Crippen LogP contribution in [-0.4, -0.2) is 35.6 Å². The van der Waals surface area contributed by atoms with Crippen LogP contribution < -0.4 is 10.2 Å². The zero-order chi connectivity index (χ0) is 14.7. The van der Waals surface area contributed by atoms with E-state index >= 15 is 0 Å². The molecule has 0 bridgehead atoms. The summed E-state index contributed by atoms with van der Waals surface area (Å²) in [6.07, 6.45) is 4.50. The normalized spacial score (nSPS) is 19.1. The van der Waals surface area contributed by atoms with Gasteiger partial charge in [0.2, 0.25) is 0 Å². The minimum atomic E-state index is 0.433. The van der Waals surface area contributed by atoms with Crippen LogP contribution in [0.3, 0.4) is 0 Å². The smallest absolute Gasteiger partial charge is 0.148 e. The van der Waals surface area contributed by atoms with Crippen LogP contribution in [0.25, 0.3) is 11.0 Å². The van der Waals surface area contributed by atoms with Crippen molar-refractivity contribution in [2.75, 3.05) is 24.5 Å². The molecule has 1 unspecified atom stereocenters. The minimum Gasteiger partial charge on any atom is -0.353 e. The van der Waals surface area contributed by atoms with Crippen molar-refractivity contribution in [3.63, 3.8) is 0 Å². The Labute approximate surface area is 126 Å². The van der Waals surface area contributed by atoms with E-state index in [0.29, 0.717) is 12.0 Å². The third-order valence-electron chi connectivity index (χ3n) is 4.21. The van der Waals surface area contributed by atoms with Crippen molar-refractivity contribution in [3.05, 3.63) is 30.5 Å². The van der Waals surface area contributed by atoms with Crippen LogP contribution in [0.15, 0.2) is 30.5 Å². The number of para-hydroxylation sites is 2. The molecule has 0 amide bonds. The fourth-order valence-corrected chi connectivity index (χ4v) is 3.01. The molecule has 112 valence electrons. The van der Waals surface area contributed by atoms with Crippen LogP contribution in [0.5, 0.6) is 0 Å². The lowest BCUT2D eigenvalue weighted by Gasteiger charge is -2.33. The van der Waals surface area contributed by atoms with Gasteiger partial charge in [-0.15, -0.1) is 0 Å². The molecule has 1 aromatic heterocycles. The zero-order valence-corrected chi connectivity index (χ0v) is 12.9. The van der Waals surface area contributed by atoms with E-state index < -0.39 is 0 Å². The van der Waals surface area contributed by atoms with Crippen LogP contribution in [0, 0.1) is 5.92 Å². The summed E-state index contributed by atoms with van der Waals surface area (Å²) in [5.74, 6) is 1.70. The van der Waals surface area contributed by atoms with Gasteiger partial charge in [-0.05, 0) is 57.8 Å². The van der Waals surface area contributed by atoms with Gasteiger partial charge in [0, 0.05) is 12.6 Å². The van der Waals surface area contributed by atoms with Crippen molar-refractivity contribution in [1.29, 1.82) is 0 Å². The second-order valence-electron chi connectivity index (χ2n) is 6.18. The summed E-state index contributed by atoms with van der Waals surface area (Å²) < 4.78 is 0. The maximum Gasteiger partial charge on any atom is 0.148 e. The maximum atomic E-state index is 4.81. The number of benzene rings is 1. The fraction of sp³-hybridized carbons (Fsp3) is 0.529. The summed E-state index contributed by atoms with van der Waals surface area (Å²) in [4.78, 5) is 11.7. The van der Waals surface area contributed by atoms with Crippen LogP contribution in [0.2, 0.25) is 0 Å². The Balaban J connectivity index is 1.84. The predicted octanol–water partition coefficient (Wildman–Crippen LogP) is 2.84.